The number of nitrogens with zero attached hydrogens (tertiary/aromatic N) is 2. The normalized spacial score (nSPS) is 20.6. The van der Waals surface area contributed by atoms with Crippen molar-refractivity contribution in [2.45, 2.75) is 31.5 Å². The average molecular weight is 459 g/mol. The molecule has 0 spiro atoms. The smallest absolute Gasteiger partial charge is 0.257 e. The summed E-state index contributed by atoms with van der Waals surface area (Å²) in [7, 11) is 0. The van der Waals surface area contributed by atoms with Crippen LogP contribution in [0.1, 0.15) is 28.8 Å². The first-order chi connectivity index (χ1) is 16.0. The van der Waals surface area contributed by atoms with Gasteiger partial charge in [-0.3, -0.25) is 9.59 Å². The number of hydrogen-bond donors (Lipinski definition) is 0. The van der Waals surface area contributed by atoms with E-state index in [1.54, 1.807) is 4.90 Å². The molecule has 6 nitrogen and oxygen atoms in total. The lowest BCUT2D eigenvalue weighted by Gasteiger charge is -2.36. The summed E-state index contributed by atoms with van der Waals surface area (Å²) in [6.45, 7) is 2.26. The van der Waals surface area contributed by atoms with E-state index in [2.05, 4.69) is 0 Å². The Morgan fingerprint density at radius 2 is 1.76 bits per heavy atom. The van der Waals surface area contributed by atoms with E-state index in [1.165, 1.54) is 4.90 Å². The molecule has 2 fully saturated rings. The Morgan fingerprint density at radius 3 is 2.48 bits per heavy atom. The van der Waals surface area contributed by atoms with Gasteiger partial charge in [-0.15, -0.1) is 0 Å². The highest BCUT2D eigenvalue weighted by atomic mass is 19.1. The molecule has 2 saturated heterocycles. The molecule has 0 N–H and O–H groups in total. The van der Waals surface area contributed by atoms with Crippen molar-refractivity contribution in [3.63, 3.8) is 0 Å². The summed E-state index contributed by atoms with van der Waals surface area (Å²) >= 11 is 0. The molecule has 2 aliphatic heterocycles. The number of hydrogen-bond acceptors (Lipinski definition) is 4. The number of rotatable bonds is 7. The Hall–Kier alpha value is -2.84. The van der Waals surface area contributed by atoms with Gasteiger partial charge >= 0.3 is 0 Å². The second kappa shape index (κ2) is 10.9. The number of amides is 2. The third-order valence-electron chi connectivity index (χ3n) is 6.01. The highest BCUT2D eigenvalue weighted by Gasteiger charge is 2.30. The van der Waals surface area contributed by atoms with Gasteiger partial charge in [0.1, 0.15) is 11.6 Å². The quantitative estimate of drug-likeness (QED) is 0.640. The van der Waals surface area contributed by atoms with E-state index in [1.807, 2.05) is 30.3 Å². The summed E-state index contributed by atoms with van der Waals surface area (Å²) in [6.07, 6.45) is 1.71. The van der Waals surface area contributed by atoms with Crippen LogP contribution in [-0.2, 0) is 20.7 Å². The number of carbonyl (C=O) groups excluding carboxylic acids is 2. The molecule has 2 heterocycles. The van der Waals surface area contributed by atoms with Gasteiger partial charge in [-0.05, 0) is 30.5 Å². The van der Waals surface area contributed by atoms with Crippen LogP contribution in [0.15, 0.2) is 48.5 Å². The van der Waals surface area contributed by atoms with Gasteiger partial charge < -0.3 is 19.3 Å². The molecular weight excluding hydrogens is 430 g/mol. The molecule has 2 amide bonds. The molecule has 2 unspecified atom stereocenters. The molecule has 0 aliphatic carbocycles. The minimum atomic E-state index is -0.888. The molecule has 4 rings (SSSR count). The van der Waals surface area contributed by atoms with Gasteiger partial charge in [0.2, 0.25) is 5.91 Å². The van der Waals surface area contributed by atoms with Crippen LogP contribution in [0.3, 0.4) is 0 Å². The predicted molar refractivity (Wildman–Crippen MR) is 118 cm³/mol. The number of benzene rings is 2. The summed E-state index contributed by atoms with van der Waals surface area (Å²) in [5, 5.41) is 0. The Kier molecular flexibility index (Phi) is 7.67. The van der Waals surface area contributed by atoms with Gasteiger partial charge in [0.05, 0.1) is 30.8 Å². The first-order valence-electron chi connectivity index (χ1n) is 11.3. The summed E-state index contributed by atoms with van der Waals surface area (Å²) < 4.78 is 38.9. The fourth-order valence-corrected chi connectivity index (χ4v) is 4.29. The fraction of sp³-hybridized carbons (Fsp3) is 0.440. The topological polar surface area (TPSA) is 59.1 Å². The molecular formula is C25H28F2N2O4. The first kappa shape index (κ1) is 23.3. The molecule has 0 bridgehead atoms. The lowest BCUT2D eigenvalue weighted by molar-refractivity contribution is -0.135. The third-order valence-corrected chi connectivity index (χ3v) is 6.01. The molecule has 176 valence electrons. The zero-order chi connectivity index (χ0) is 23.2. The maximum Gasteiger partial charge on any atom is 0.257 e. The minimum Gasteiger partial charge on any atom is -0.376 e. The van der Waals surface area contributed by atoms with Crippen LogP contribution in [0.25, 0.3) is 0 Å². The predicted octanol–water partition coefficient (Wildman–Crippen LogP) is 3.06. The van der Waals surface area contributed by atoms with E-state index in [4.69, 9.17) is 9.47 Å². The third kappa shape index (κ3) is 6.15. The van der Waals surface area contributed by atoms with Crippen molar-refractivity contribution in [3.8, 4) is 0 Å². The molecule has 2 aromatic carbocycles. The zero-order valence-electron chi connectivity index (χ0n) is 18.4. The first-order valence-corrected chi connectivity index (χ1v) is 11.3. The van der Waals surface area contributed by atoms with E-state index in [9.17, 15) is 18.4 Å². The fourth-order valence-electron chi connectivity index (χ4n) is 4.29. The molecule has 8 heteroatoms. The van der Waals surface area contributed by atoms with Crippen LogP contribution < -0.4 is 0 Å². The molecule has 0 saturated carbocycles. The van der Waals surface area contributed by atoms with Crippen LogP contribution in [0.5, 0.6) is 0 Å². The van der Waals surface area contributed by atoms with Crippen LogP contribution in [-0.4, -0.2) is 73.2 Å². The Balaban J connectivity index is 1.43. The maximum absolute atomic E-state index is 14.1. The SMILES string of the molecule is O=C(Cc1ccccc1)N(CC1CCCO1)CC1CN(C(=O)c2ccc(F)cc2F)CCO1. The number of carbonyl (C=O) groups is 2. The van der Waals surface area contributed by atoms with E-state index in [-0.39, 0.29) is 37.1 Å². The van der Waals surface area contributed by atoms with Crippen molar-refractivity contribution in [1.29, 1.82) is 0 Å². The second-order valence-electron chi connectivity index (χ2n) is 8.46. The van der Waals surface area contributed by atoms with Crippen LogP contribution in [0, 0.1) is 11.6 Å². The summed E-state index contributed by atoms with van der Waals surface area (Å²) in [5.41, 5.74) is 0.751. The highest BCUT2D eigenvalue weighted by molar-refractivity contribution is 5.94. The highest BCUT2D eigenvalue weighted by Crippen LogP contribution is 2.18. The van der Waals surface area contributed by atoms with Crippen molar-refractivity contribution in [2.24, 2.45) is 0 Å². The van der Waals surface area contributed by atoms with Crippen LogP contribution in [0.2, 0.25) is 0 Å². The van der Waals surface area contributed by atoms with Gasteiger partial charge in [-0.1, -0.05) is 30.3 Å². The molecule has 2 aromatic rings. The van der Waals surface area contributed by atoms with Crippen molar-refractivity contribution < 1.29 is 27.8 Å². The van der Waals surface area contributed by atoms with Gasteiger partial charge in [0.15, 0.2) is 0 Å². The number of ether oxygens (including phenoxy) is 2. The summed E-state index contributed by atoms with van der Waals surface area (Å²) in [6, 6.07) is 12.5. The Bertz CT molecular complexity index is 966. The van der Waals surface area contributed by atoms with E-state index < -0.39 is 23.6 Å². The average Bonchev–Trinajstić information content (AvgIpc) is 3.32. The van der Waals surface area contributed by atoms with Crippen molar-refractivity contribution in [2.75, 3.05) is 39.4 Å². The van der Waals surface area contributed by atoms with Crippen LogP contribution in [0.4, 0.5) is 8.78 Å². The maximum atomic E-state index is 14.1. The van der Waals surface area contributed by atoms with Crippen LogP contribution >= 0.6 is 0 Å². The van der Waals surface area contributed by atoms with E-state index in [0.717, 1.165) is 30.5 Å². The lowest BCUT2D eigenvalue weighted by atomic mass is 10.1. The van der Waals surface area contributed by atoms with E-state index >= 15 is 0 Å². The number of morpholine rings is 1. The molecule has 33 heavy (non-hydrogen) atoms. The Labute approximate surface area is 192 Å². The van der Waals surface area contributed by atoms with Gasteiger partial charge in [0.25, 0.3) is 5.91 Å². The second-order valence-corrected chi connectivity index (χ2v) is 8.46. The standard InChI is InChI=1S/C25H28F2N2O4/c26-19-8-9-22(23(27)14-19)25(31)28-10-12-33-21(16-28)17-29(15-20-7-4-11-32-20)24(30)13-18-5-2-1-3-6-18/h1-3,5-6,8-9,14,20-21H,4,7,10-13,15-17H2. The molecule has 2 atom stereocenters. The van der Waals surface area contributed by atoms with Gasteiger partial charge in [-0.25, -0.2) is 8.78 Å². The minimum absolute atomic E-state index is 0.0145. The number of halogens is 2. The monoisotopic (exact) mass is 458 g/mol. The van der Waals surface area contributed by atoms with Crippen molar-refractivity contribution in [3.05, 3.63) is 71.3 Å². The zero-order valence-corrected chi connectivity index (χ0v) is 18.4. The molecule has 0 aromatic heterocycles. The molecule has 2 aliphatic rings. The molecule has 0 radical (unpaired) electrons. The largest absolute Gasteiger partial charge is 0.376 e. The van der Waals surface area contributed by atoms with Gasteiger partial charge in [-0.2, -0.15) is 0 Å². The summed E-state index contributed by atoms with van der Waals surface area (Å²) in [5.74, 6) is -2.16. The Morgan fingerprint density at radius 1 is 1.00 bits per heavy atom. The summed E-state index contributed by atoms with van der Waals surface area (Å²) in [4.78, 5) is 29.2. The van der Waals surface area contributed by atoms with Crippen molar-refractivity contribution >= 4 is 11.8 Å². The van der Waals surface area contributed by atoms with E-state index in [0.29, 0.717) is 32.3 Å². The lowest BCUT2D eigenvalue weighted by Crippen LogP contribution is -2.52. The van der Waals surface area contributed by atoms with Crippen molar-refractivity contribution in [1.82, 2.24) is 9.80 Å². The van der Waals surface area contributed by atoms with Gasteiger partial charge in [0, 0.05) is 38.9 Å².